The zero-order chi connectivity index (χ0) is 21.0. The summed E-state index contributed by atoms with van der Waals surface area (Å²) in [5, 5.41) is 0. The van der Waals surface area contributed by atoms with Crippen LogP contribution in [-0.4, -0.2) is 63.9 Å². The predicted octanol–water partition coefficient (Wildman–Crippen LogP) is 2.55. The Morgan fingerprint density at radius 2 is 1.59 bits per heavy atom. The highest BCUT2D eigenvalue weighted by molar-refractivity contribution is 7.89. The van der Waals surface area contributed by atoms with Gasteiger partial charge in [0.05, 0.1) is 19.1 Å². The minimum Gasteiger partial charge on any atom is -0.493 e. The normalized spacial score (nSPS) is 15.6. The van der Waals surface area contributed by atoms with Gasteiger partial charge in [-0.3, -0.25) is 4.79 Å². The highest BCUT2D eigenvalue weighted by Gasteiger charge is 2.28. The van der Waals surface area contributed by atoms with Crippen molar-refractivity contribution in [2.45, 2.75) is 18.2 Å². The Morgan fingerprint density at radius 1 is 0.897 bits per heavy atom. The van der Waals surface area contributed by atoms with Crippen molar-refractivity contribution in [3.8, 4) is 11.5 Å². The minimum absolute atomic E-state index is 0.152. The monoisotopic (exact) mass is 418 g/mol. The SMILES string of the molecule is COc1ccc(C(=O)N2CCCN(S(=O)(=O)c3ccc(C)cc3)CC2)cc1OC. The molecular weight excluding hydrogens is 392 g/mol. The van der Waals surface area contributed by atoms with Crippen molar-refractivity contribution >= 4 is 15.9 Å². The zero-order valence-corrected chi connectivity index (χ0v) is 17.7. The van der Waals surface area contributed by atoms with Crippen LogP contribution in [0.5, 0.6) is 11.5 Å². The Hall–Kier alpha value is -2.58. The van der Waals surface area contributed by atoms with Gasteiger partial charge in [0.15, 0.2) is 11.5 Å². The molecule has 1 amide bonds. The highest BCUT2D eigenvalue weighted by atomic mass is 32.2. The summed E-state index contributed by atoms with van der Waals surface area (Å²) in [6.07, 6.45) is 0.574. The van der Waals surface area contributed by atoms with Crippen molar-refractivity contribution in [1.29, 1.82) is 0 Å². The summed E-state index contributed by atoms with van der Waals surface area (Å²) in [6, 6.07) is 11.9. The van der Waals surface area contributed by atoms with Gasteiger partial charge >= 0.3 is 0 Å². The molecule has 1 saturated heterocycles. The van der Waals surface area contributed by atoms with E-state index in [0.29, 0.717) is 43.1 Å². The molecule has 1 fully saturated rings. The van der Waals surface area contributed by atoms with Gasteiger partial charge in [-0.05, 0) is 43.7 Å². The van der Waals surface area contributed by atoms with E-state index in [-0.39, 0.29) is 17.3 Å². The molecule has 156 valence electrons. The van der Waals surface area contributed by atoms with Gasteiger partial charge in [-0.25, -0.2) is 8.42 Å². The number of methoxy groups -OCH3 is 2. The summed E-state index contributed by atoms with van der Waals surface area (Å²) in [6.45, 7) is 3.38. The van der Waals surface area contributed by atoms with E-state index >= 15 is 0 Å². The Bertz CT molecular complexity index is 973. The summed E-state index contributed by atoms with van der Waals surface area (Å²) >= 11 is 0. The zero-order valence-electron chi connectivity index (χ0n) is 16.9. The third-order valence-electron chi connectivity index (χ3n) is 5.03. The molecule has 29 heavy (non-hydrogen) atoms. The molecule has 0 atom stereocenters. The Kier molecular flexibility index (Phi) is 6.44. The summed E-state index contributed by atoms with van der Waals surface area (Å²) in [5.74, 6) is 0.882. The number of nitrogens with zero attached hydrogens (tertiary/aromatic N) is 2. The molecule has 1 heterocycles. The van der Waals surface area contributed by atoms with Crippen molar-refractivity contribution in [3.05, 3.63) is 53.6 Å². The standard InChI is InChI=1S/C21H26N2O5S/c1-16-5-8-18(9-6-16)29(25,26)23-12-4-11-22(13-14-23)21(24)17-7-10-19(27-2)20(15-17)28-3/h5-10,15H,4,11-14H2,1-3H3. The molecular formula is C21H26N2O5S. The summed E-state index contributed by atoms with van der Waals surface area (Å²) < 4.78 is 37.8. The van der Waals surface area contributed by atoms with Crippen molar-refractivity contribution in [1.82, 2.24) is 9.21 Å². The number of hydrogen-bond acceptors (Lipinski definition) is 5. The highest BCUT2D eigenvalue weighted by Crippen LogP contribution is 2.28. The fourth-order valence-electron chi connectivity index (χ4n) is 3.35. The van der Waals surface area contributed by atoms with Gasteiger partial charge in [0, 0.05) is 31.7 Å². The lowest BCUT2D eigenvalue weighted by Crippen LogP contribution is -2.37. The van der Waals surface area contributed by atoms with Gasteiger partial charge in [-0.2, -0.15) is 4.31 Å². The van der Waals surface area contributed by atoms with Crippen LogP contribution >= 0.6 is 0 Å². The third-order valence-corrected chi connectivity index (χ3v) is 6.94. The van der Waals surface area contributed by atoms with Crippen molar-refractivity contribution in [2.24, 2.45) is 0 Å². The summed E-state index contributed by atoms with van der Waals surface area (Å²) in [7, 11) is -0.518. The van der Waals surface area contributed by atoms with Crippen LogP contribution in [-0.2, 0) is 10.0 Å². The first-order valence-electron chi connectivity index (χ1n) is 9.45. The molecule has 0 spiro atoms. The molecule has 0 N–H and O–H groups in total. The number of carbonyl (C=O) groups excluding carboxylic acids is 1. The van der Waals surface area contributed by atoms with Gasteiger partial charge in [0.2, 0.25) is 10.0 Å². The predicted molar refractivity (Wildman–Crippen MR) is 110 cm³/mol. The van der Waals surface area contributed by atoms with E-state index < -0.39 is 10.0 Å². The fraction of sp³-hybridized carbons (Fsp3) is 0.381. The molecule has 2 aromatic rings. The second-order valence-electron chi connectivity index (χ2n) is 6.93. The van der Waals surface area contributed by atoms with E-state index in [1.807, 2.05) is 6.92 Å². The van der Waals surface area contributed by atoms with E-state index in [4.69, 9.17) is 9.47 Å². The molecule has 3 rings (SSSR count). The molecule has 1 aliphatic rings. The lowest BCUT2D eigenvalue weighted by atomic mass is 10.1. The molecule has 0 radical (unpaired) electrons. The lowest BCUT2D eigenvalue weighted by molar-refractivity contribution is 0.0764. The van der Waals surface area contributed by atoms with Crippen LogP contribution in [0.2, 0.25) is 0 Å². The Morgan fingerprint density at radius 3 is 2.24 bits per heavy atom. The van der Waals surface area contributed by atoms with E-state index in [1.165, 1.54) is 18.5 Å². The van der Waals surface area contributed by atoms with E-state index in [1.54, 1.807) is 47.4 Å². The van der Waals surface area contributed by atoms with Gasteiger partial charge in [0.1, 0.15) is 0 Å². The molecule has 0 aromatic heterocycles. The molecule has 0 bridgehead atoms. The van der Waals surface area contributed by atoms with Crippen LogP contribution < -0.4 is 9.47 Å². The number of hydrogen-bond donors (Lipinski definition) is 0. The first-order valence-corrected chi connectivity index (χ1v) is 10.9. The third kappa shape index (κ3) is 4.54. The van der Waals surface area contributed by atoms with Crippen LogP contribution in [0, 0.1) is 6.92 Å². The fourth-order valence-corrected chi connectivity index (χ4v) is 4.82. The molecule has 0 saturated carbocycles. The van der Waals surface area contributed by atoms with Crippen LogP contribution in [0.1, 0.15) is 22.3 Å². The van der Waals surface area contributed by atoms with Gasteiger partial charge in [-0.1, -0.05) is 17.7 Å². The topological polar surface area (TPSA) is 76.2 Å². The van der Waals surface area contributed by atoms with Crippen molar-refractivity contribution < 1.29 is 22.7 Å². The van der Waals surface area contributed by atoms with Gasteiger partial charge in [-0.15, -0.1) is 0 Å². The van der Waals surface area contributed by atoms with Crippen LogP contribution in [0.3, 0.4) is 0 Å². The first-order chi connectivity index (χ1) is 13.9. The maximum Gasteiger partial charge on any atom is 0.254 e. The van der Waals surface area contributed by atoms with Crippen molar-refractivity contribution in [3.63, 3.8) is 0 Å². The van der Waals surface area contributed by atoms with Crippen LogP contribution in [0.25, 0.3) is 0 Å². The Labute approximate surface area is 171 Å². The molecule has 0 unspecified atom stereocenters. The number of ether oxygens (including phenoxy) is 2. The van der Waals surface area contributed by atoms with Gasteiger partial charge < -0.3 is 14.4 Å². The van der Waals surface area contributed by atoms with E-state index in [0.717, 1.165) is 5.56 Å². The Balaban J connectivity index is 1.74. The lowest BCUT2D eigenvalue weighted by Gasteiger charge is -2.22. The average molecular weight is 419 g/mol. The van der Waals surface area contributed by atoms with E-state index in [9.17, 15) is 13.2 Å². The number of aryl methyl sites for hydroxylation is 1. The average Bonchev–Trinajstić information content (AvgIpc) is 3.00. The number of rotatable bonds is 5. The van der Waals surface area contributed by atoms with Crippen LogP contribution in [0.15, 0.2) is 47.4 Å². The molecule has 7 nitrogen and oxygen atoms in total. The molecule has 0 aliphatic carbocycles. The largest absolute Gasteiger partial charge is 0.493 e. The number of carbonyl (C=O) groups is 1. The van der Waals surface area contributed by atoms with Crippen molar-refractivity contribution in [2.75, 3.05) is 40.4 Å². The second-order valence-corrected chi connectivity index (χ2v) is 8.87. The number of benzene rings is 2. The maximum absolute atomic E-state index is 12.9. The number of amides is 1. The van der Waals surface area contributed by atoms with E-state index in [2.05, 4.69) is 0 Å². The summed E-state index contributed by atoms with van der Waals surface area (Å²) in [4.78, 5) is 14.9. The molecule has 2 aromatic carbocycles. The van der Waals surface area contributed by atoms with Gasteiger partial charge in [0.25, 0.3) is 5.91 Å². The smallest absolute Gasteiger partial charge is 0.254 e. The summed E-state index contributed by atoms with van der Waals surface area (Å²) in [5.41, 5.74) is 1.49. The first kappa shape index (κ1) is 21.1. The maximum atomic E-state index is 12.9. The molecule has 8 heteroatoms. The van der Waals surface area contributed by atoms with Crippen LogP contribution in [0.4, 0.5) is 0 Å². The second kappa shape index (κ2) is 8.84. The quantitative estimate of drug-likeness (QED) is 0.746. The molecule has 1 aliphatic heterocycles. The minimum atomic E-state index is -3.58. The number of sulfonamides is 1.